The maximum Gasteiger partial charge on any atom is 0.251 e. The van der Waals surface area contributed by atoms with Crippen LogP contribution in [0.1, 0.15) is 56.3 Å². The lowest BCUT2D eigenvalue weighted by atomic mass is 9.99. The first-order valence-electron chi connectivity index (χ1n) is 9.53. The van der Waals surface area contributed by atoms with E-state index in [4.69, 9.17) is 21.1 Å². The minimum absolute atomic E-state index is 0. The van der Waals surface area contributed by atoms with Crippen molar-refractivity contribution < 1.29 is 14.3 Å². The monoisotopic (exact) mass is 416 g/mol. The van der Waals surface area contributed by atoms with Crippen LogP contribution in [0.25, 0.3) is 0 Å². The summed E-state index contributed by atoms with van der Waals surface area (Å²) in [4.78, 5) is 12.7. The van der Waals surface area contributed by atoms with Gasteiger partial charge in [-0.3, -0.25) is 4.79 Å². The molecule has 0 radical (unpaired) electrons. The van der Waals surface area contributed by atoms with Gasteiger partial charge < -0.3 is 20.1 Å². The first kappa shape index (κ1) is 22.1. The van der Waals surface area contributed by atoms with Gasteiger partial charge >= 0.3 is 0 Å². The van der Waals surface area contributed by atoms with Crippen LogP contribution in [0.4, 0.5) is 0 Å². The molecule has 2 unspecified atom stereocenters. The van der Waals surface area contributed by atoms with E-state index in [0.717, 1.165) is 19.3 Å². The van der Waals surface area contributed by atoms with Crippen LogP contribution in [0, 0.1) is 5.92 Å². The number of fused-ring (bicyclic) bond motifs is 2. The van der Waals surface area contributed by atoms with Crippen LogP contribution < -0.4 is 20.1 Å². The second-order valence-corrected chi connectivity index (χ2v) is 8.21. The summed E-state index contributed by atoms with van der Waals surface area (Å²) in [6.45, 7) is 4.85. The van der Waals surface area contributed by atoms with Crippen molar-refractivity contribution in [2.45, 2.75) is 64.1 Å². The van der Waals surface area contributed by atoms with E-state index in [2.05, 4.69) is 24.5 Å². The molecule has 2 heterocycles. The molecule has 1 aromatic carbocycles. The van der Waals surface area contributed by atoms with Gasteiger partial charge in [0.15, 0.2) is 11.5 Å². The number of carbonyl (C=O) groups is 1. The molecule has 7 heteroatoms. The number of methoxy groups -OCH3 is 1. The van der Waals surface area contributed by atoms with E-state index >= 15 is 0 Å². The molecular formula is C20H30Cl2N2O3. The molecule has 2 bridgehead atoms. The number of ether oxygens (including phenoxy) is 2. The molecule has 2 atom stereocenters. The number of rotatable bonds is 7. The summed E-state index contributed by atoms with van der Waals surface area (Å²) in [5.74, 6) is 1.44. The number of piperidine rings is 1. The third-order valence-corrected chi connectivity index (χ3v) is 5.52. The average Bonchev–Trinajstić information content (AvgIpc) is 2.94. The molecule has 152 valence electrons. The summed E-state index contributed by atoms with van der Waals surface area (Å²) in [6.07, 6.45) is 5.32. The maximum absolute atomic E-state index is 12.7. The smallest absolute Gasteiger partial charge is 0.251 e. The predicted octanol–water partition coefficient (Wildman–Crippen LogP) is 4.21. The summed E-state index contributed by atoms with van der Waals surface area (Å²) in [7, 11) is 1.56. The molecule has 2 N–H and O–H groups in total. The van der Waals surface area contributed by atoms with Crippen molar-refractivity contribution in [3.63, 3.8) is 0 Å². The van der Waals surface area contributed by atoms with E-state index in [1.54, 1.807) is 19.2 Å². The van der Waals surface area contributed by atoms with E-state index < -0.39 is 0 Å². The Balaban J connectivity index is 0.00000261. The van der Waals surface area contributed by atoms with Crippen LogP contribution in [-0.4, -0.2) is 37.7 Å². The van der Waals surface area contributed by atoms with Crippen LogP contribution in [0.2, 0.25) is 5.02 Å². The van der Waals surface area contributed by atoms with Gasteiger partial charge in [0.2, 0.25) is 0 Å². The standard InChI is InChI=1S/C20H29ClN2O3.ClH/c1-12(2)6-7-26-19-17(21)8-13(9-18(19)25-3)20(24)23-16-10-14-4-5-15(11-16)22-14;/h8-9,12,14-16,22H,4-7,10-11H2,1-3H3,(H,23,24);1H. The summed E-state index contributed by atoms with van der Waals surface area (Å²) in [6, 6.07) is 4.66. The fourth-order valence-electron chi connectivity index (χ4n) is 3.83. The quantitative estimate of drug-likeness (QED) is 0.698. The third kappa shape index (κ3) is 5.66. The van der Waals surface area contributed by atoms with E-state index in [9.17, 15) is 4.79 Å². The molecule has 0 saturated carbocycles. The van der Waals surface area contributed by atoms with Gasteiger partial charge in [-0.2, -0.15) is 0 Å². The fraction of sp³-hybridized carbons (Fsp3) is 0.650. The van der Waals surface area contributed by atoms with Crippen LogP contribution in [-0.2, 0) is 0 Å². The SMILES string of the molecule is COc1cc(C(=O)NC2CC3CCC(C2)N3)cc(Cl)c1OCCC(C)C.Cl. The largest absolute Gasteiger partial charge is 0.493 e. The second-order valence-electron chi connectivity index (χ2n) is 7.80. The molecule has 0 aromatic heterocycles. The summed E-state index contributed by atoms with van der Waals surface area (Å²) < 4.78 is 11.2. The highest BCUT2D eigenvalue weighted by molar-refractivity contribution is 6.32. The van der Waals surface area contributed by atoms with Gasteiger partial charge in [-0.25, -0.2) is 0 Å². The van der Waals surface area contributed by atoms with Crippen molar-refractivity contribution in [1.82, 2.24) is 10.6 Å². The molecule has 0 spiro atoms. The summed E-state index contributed by atoms with van der Waals surface area (Å²) >= 11 is 6.38. The summed E-state index contributed by atoms with van der Waals surface area (Å²) in [5, 5.41) is 7.15. The minimum Gasteiger partial charge on any atom is -0.493 e. The highest BCUT2D eigenvalue weighted by Crippen LogP contribution is 2.37. The Bertz CT molecular complexity index is 642. The lowest BCUT2D eigenvalue weighted by Gasteiger charge is -2.29. The molecule has 1 aromatic rings. The lowest BCUT2D eigenvalue weighted by Crippen LogP contribution is -2.48. The van der Waals surface area contributed by atoms with E-state index in [-0.39, 0.29) is 24.4 Å². The van der Waals surface area contributed by atoms with Crippen LogP contribution >= 0.6 is 24.0 Å². The number of benzene rings is 1. The van der Waals surface area contributed by atoms with Crippen LogP contribution in [0.5, 0.6) is 11.5 Å². The lowest BCUT2D eigenvalue weighted by molar-refractivity contribution is 0.0923. The molecule has 2 aliphatic heterocycles. The Hall–Kier alpha value is -1.17. The average molecular weight is 417 g/mol. The van der Waals surface area contributed by atoms with Gasteiger partial charge in [0.1, 0.15) is 0 Å². The molecule has 2 saturated heterocycles. The minimum atomic E-state index is -0.106. The molecule has 5 nitrogen and oxygen atoms in total. The van der Waals surface area contributed by atoms with E-state index in [0.29, 0.717) is 46.7 Å². The number of halogens is 2. The van der Waals surface area contributed by atoms with Crippen molar-refractivity contribution >= 4 is 29.9 Å². The Labute approximate surface area is 172 Å². The predicted molar refractivity (Wildman–Crippen MR) is 111 cm³/mol. The topological polar surface area (TPSA) is 59.6 Å². The molecule has 2 fully saturated rings. The Morgan fingerprint density at radius 3 is 2.56 bits per heavy atom. The van der Waals surface area contributed by atoms with Gasteiger partial charge in [-0.05, 0) is 50.2 Å². The van der Waals surface area contributed by atoms with E-state index in [1.165, 1.54) is 12.8 Å². The number of nitrogens with one attached hydrogen (secondary N) is 2. The number of hydrogen-bond donors (Lipinski definition) is 2. The van der Waals surface area contributed by atoms with Crippen molar-refractivity contribution in [2.75, 3.05) is 13.7 Å². The van der Waals surface area contributed by atoms with Crippen molar-refractivity contribution in [3.05, 3.63) is 22.7 Å². The zero-order valence-corrected chi connectivity index (χ0v) is 17.8. The molecule has 27 heavy (non-hydrogen) atoms. The van der Waals surface area contributed by atoms with Gasteiger partial charge in [-0.15, -0.1) is 12.4 Å². The Morgan fingerprint density at radius 2 is 1.96 bits per heavy atom. The van der Waals surface area contributed by atoms with Crippen LogP contribution in [0.3, 0.4) is 0 Å². The molecular weight excluding hydrogens is 387 g/mol. The Morgan fingerprint density at radius 1 is 1.30 bits per heavy atom. The van der Waals surface area contributed by atoms with Gasteiger partial charge in [0.05, 0.1) is 18.7 Å². The van der Waals surface area contributed by atoms with Crippen molar-refractivity contribution in [3.8, 4) is 11.5 Å². The van der Waals surface area contributed by atoms with E-state index in [1.807, 2.05) is 0 Å². The molecule has 1 amide bonds. The normalized spacial score (nSPS) is 23.7. The highest BCUT2D eigenvalue weighted by atomic mass is 35.5. The van der Waals surface area contributed by atoms with Gasteiger partial charge in [-0.1, -0.05) is 25.4 Å². The maximum atomic E-state index is 12.7. The third-order valence-electron chi connectivity index (χ3n) is 5.24. The fourth-order valence-corrected chi connectivity index (χ4v) is 4.10. The number of hydrogen-bond acceptors (Lipinski definition) is 4. The Kier molecular flexibility index (Phi) is 8.07. The van der Waals surface area contributed by atoms with Crippen molar-refractivity contribution in [1.29, 1.82) is 0 Å². The zero-order valence-electron chi connectivity index (χ0n) is 16.2. The highest BCUT2D eigenvalue weighted by Gasteiger charge is 2.34. The van der Waals surface area contributed by atoms with Crippen molar-refractivity contribution in [2.24, 2.45) is 5.92 Å². The van der Waals surface area contributed by atoms with Gasteiger partial charge in [0, 0.05) is 23.7 Å². The van der Waals surface area contributed by atoms with Crippen LogP contribution in [0.15, 0.2) is 12.1 Å². The first-order chi connectivity index (χ1) is 12.5. The summed E-state index contributed by atoms with van der Waals surface area (Å²) in [5.41, 5.74) is 0.508. The van der Waals surface area contributed by atoms with Gasteiger partial charge in [0.25, 0.3) is 5.91 Å². The molecule has 0 aliphatic carbocycles. The number of carbonyl (C=O) groups excluding carboxylic acids is 1. The first-order valence-corrected chi connectivity index (χ1v) is 9.91. The number of amides is 1. The second kappa shape index (κ2) is 9.85. The molecule has 2 aliphatic rings. The zero-order chi connectivity index (χ0) is 18.7. The molecule has 3 rings (SSSR count).